The summed E-state index contributed by atoms with van der Waals surface area (Å²) in [6, 6.07) is 3.67. The van der Waals surface area contributed by atoms with E-state index >= 15 is 0 Å². The van der Waals surface area contributed by atoms with Crippen molar-refractivity contribution < 1.29 is 5.11 Å². The van der Waals surface area contributed by atoms with Crippen LogP contribution in [0.15, 0.2) is 29.0 Å². The highest BCUT2D eigenvalue weighted by atomic mass is 79.9. The molecule has 0 aliphatic rings. The molecule has 0 saturated heterocycles. The van der Waals surface area contributed by atoms with Crippen LogP contribution < -0.4 is 0 Å². The van der Waals surface area contributed by atoms with Gasteiger partial charge in [-0.2, -0.15) is 0 Å². The Morgan fingerprint density at radius 1 is 1.43 bits per heavy atom. The first-order valence-corrected chi connectivity index (χ1v) is 4.73. The molecule has 0 atom stereocenters. The van der Waals surface area contributed by atoms with Gasteiger partial charge in [0.15, 0.2) is 5.82 Å². The molecule has 0 aromatic carbocycles. The van der Waals surface area contributed by atoms with Gasteiger partial charge in [0.25, 0.3) is 0 Å². The zero-order valence-corrected chi connectivity index (χ0v) is 8.72. The predicted molar refractivity (Wildman–Crippen MR) is 52.8 cm³/mol. The molecule has 0 bridgehead atoms. The van der Waals surface area contributed by atoms with Crippen molar-refractivity contribution in [2.45, 2.75) is 6.61 Å². The molecule has 1 N–H and O–H groups in total. The first-order valence-electron chi connectivity index (χ1n) is 3.93. The van der Waals surface area contributed by atoms with E-state index in [-0.39, 0.29) is 6.61 Å². The summed E-state index contributed by atoms with van der Waals surface area (Å²) in [4.78, 5) is 4.13. The number of halogens is 1. The van der Waals surface area contributed by atoms with Crippen LogP contribution >= 0.6 is 15.9 Å². The number of aliphatic hydroxyl groups is 1. The standard InChI is InChI=1S/C8H7BrN4O/c9-6-1-2-8(10-3-6)13-4-7(5-14)11-12-13/h1-4,14H,5H2. The van der Waals surface area contributed by atoms with Crippen LogP contribution in [0.4, 0.5) is 0 Å². The second-order valence-corrected chi connectivity index (χ2v) is 3.56. The Hall–Kier alpha value is -1.27. The minimum absolute atomic E-state index is 0.115. The molecule has 2 rings (SSSR count). The Morgan fingerprint density at radius 2 is 2.29 bits per heavy atom. The molecule has 2 aromatic rings. The van der Waals surface area contributed by atoms with E-state index in [1.54, 1.807) is 18.5 Å². The molecule has 0 aliphatic heterocycles. The fourth-order valence-electron chi connectivity index (χ4n) is 0.986. The molecule has 72 valence electrons. The van der Waals surface area contributed by atoms with Gasteiger partial charge in [-0.3, -0.25) is 0 Å². The molecule has 0 amide bonds. The average molecular weight is 255 g/mol. The third kappa shape index (κ3) is 1.80. The minimum Gasteiger partial charge on any atom is -0.390 e. The van der Waals surface area contributed by atoms with Crippen LogP contribution in [-0.2, 0) is 6.61 Å². The van der Waals surface area contributed by atoms with E-state index in [2.05, 4.69) is 31.2 Å². The largest absolute Gasteiger partial charge is 0.390 e. The Balaban J connectivity index is 2.34. The average Bonchev–Trinajstić information content (AvgIpc) is 2.67. The third-order valence-corrected chi connectivity index (χ3v) is 2.12. The summed E-state index contributed by atoms with van der Waals surface area (Å²) < 4.78 is 2.42. The van der Waals surface area contributed by atoms with Gasteiger partial charge in [0.05, 0.1) is 12.8 Å². The molecule has 0 unspecified atom stereocenters. The van der Waals surface area contributed by atoms with Crippen LogP contribution in [0.1, 0.15) is 5.69 Å². The van der Waals surface area contributed by atoms with Crippen LogP contribution in [0.3, 0.4) is 0 Å². The summed E-state index contributed by atoms with van der Waals surface area (Å²) in [7, 11) is 0. The Kier molecular flexibility index (Phi) is 2.55. The first kappa shape index (κ1) is 9.29. The molecule has 0 saturated carbocycles. The fraction of sp³-hybridized carbons (Fsp3) is 0.125. The van der Waals surface area contributed by atoms with E-state index < -0.39 is 0 Å². The SMILES string of the molecule is OCc1cn(-c2ccc(Br)cn2)nn1. The van der Waals surface area contributed by atoms with Gasteiger partial charge >= 0.3 is 0 Å². The number of rotatable bonds is 2. The van der Waals surface area contributed by atoms with Crippen LogP contribution in [-0.4, -0.2) is 25.1 Å². The lowest BCUT2D eigenvalue weighted by atomic mass is 10.4. The van der Waals surface area contributed by atoms with Crippen molar-refractivity contribution >= 4 is 15.9 Å². The number of aromatic nitrogens is 4. The summed E-state index contributed by atoms with van der Waals surface area (Å²) in [6.07, 6.45) is 3.31. The number of aliphatic hydroxyl groups excluding tert-OH is 1. The van der Waals surface area contributed by atoms with E-state index in [1.807, 2.05) is 6.07 Å². The number of nitrogens with zero attached hydrogens (tertiary/aromatic N) is 4. The zero-order chi connectivity index (χ0) is 9.97. The zero-order valence-electron chi connectivity index (χ0n) is 7.13. The van der Waals surface area contributed by atoms with Crippen LogP contribution in [0.25, 0.3) is 5.82 Å². The predicted octanol–water partition coefficient (Wildman–Crippen LogP) is 0.917. The maximum absolute atomic E-state index is 8.80. The van der Waals surface area contributed by atoms with Gasteiger partial charge in [0.1, 0.15) is 5.69 Å². The van der Waals surface area contributed by atoms with Crippen LogP contribution in [0.5, 0.6) is 0 Å². The maximum atomic E-state index is 8.80. The van der Waals surface area contributed by atoms with Crippen LogP contribution in [0.2, 0.25) is 0 Å². The highest BCUT2D eigenvalue weighted by Gasteiger charge is 2.01. The molecular weight excluding hydrogens is 248 g/mol. The van der Waals surface area contributed by atoms with E-state index in [1.165, 1.54) is 4.68 Å². The molecule has 0 fully saturated rings. The molecule has 6 heteroatoms. The van der Waals surface area contributed by atoms with E-state index in [0.717, 1.165) is 4.47 Å². The first-order chi connectivity index (χ1) is 6.79. The molecule has 14 heavy (non-hydrogen) atoms. The van der Waals surface area contributed by atoms with Crippen molar-refractivity contribution in [3.05, 3.63) is 34.7 Å². The number of pyridine rings is 1. The molecule has 2 aromatic heterocycles. The van der Waals surface area contributed by atoms with Gasteiger partial charge < -0.3 is 5.11 Å². The molecule has 0 aliphatic carbocycles. The third-order valence-electron chi connectivity index (χ3n) is 1.65. The van der Waals surface area contributed by atoms with Crippen molar-refractivity contribution in [1.29, 1.82) is 0 Å². The van der Waals surface area contributed by atoms with Gasteiger partial charge in [-0.05, 0) is 28.1 Å². The van der Waals surface area contributed by atoms with E-state index in [4.69, 9.17) is 5.11 Å². The Morgan fingerprint density at radius 3 is 2.86 bits per heavy atom. The van der Waals surface area contributed by atoms with Gasteiger partial charge in [-0.1, -0.05) is 5.21 Å². The lowest BCUT2D eigenvalue weighted by Crippen LogP contribution is -1.97. The van der Waals surface area contributed by atoms with E-state index in [0.29, 0.717) is 11.5 Å². The summed E-state index contributed by atoms with van der Waals surface area (Å²) in [6.45, 7) is -0.115. The van der Waals surface area contributed by atoms with Crippen molar-refractivity contribution in [2.24, 2.45) is 0 Å². The molecular formula is C8H7BrN4O. The second-order valence-electron chi connectivity index (χ2n) is 2.65. The van der Waals surface area contributed by atoms with Gasteiger partial charge in [0, 0.05) is 10.7 Å². The normalized spacial score (nSPS) is 10.4. The fourth-order valence-corrected chi connectivity index (χ4v) is 1.22. The van der Waals surface area contributed by atoms with E-state index in [9.17, 15) is 0 Å². The topological polar surface area (TPSA) is 63.8 Å². The summed E-state index contributed by atoms with van der Waals surface area (Å²) in [5.74, 6) is 0.667. The molecule has 5 nitrogen and oxygen atoms in total. The summed E-state index contributed by atoms with van der Waals surface area (Å²) in [5.41, 5.74) is 0.523. The summed E-state index contributed by atoms with van der Waals surface area (Å²) >= 11 is 3.29. The highest BCUT2D eigenvalue weighted by molar-refractivity contribution is 9.10. The quantitative estimate of drug-likeness (QED) is 0.866. The lowest BCUT2D eigenvalue weighted by molar-refractivity contribution is 0.276. The van der Waals surface area contributed by atoms with Crippen molar-refractivity contribution in [3.8, 4) is 5.82 Å². The van der Waals surface area contributed by atoms with Crippen molar-refractivity contribution in [2.75, 3.05) is 0 Å². The smallest absolute Gasteiger partial charge is 0.155 e. The Labute approximate surface area is 88.5 Å². The number of hydrogen-bond acceptors (Lipinski definition) is 4. The Bertz CT molecular complexity index is 425. The molecule has 0 spiro atoms. The van der Waals surface area contributed by atoms with Crippen molar-refractivity contribution in [3.63, 3.8) is 0 Å². The van der Waals surface area contributed by atoms with Gasteiger partial charge in [-0.15, -0.1) is 5.10 Å². The van der Waals surface area contributed by atoms with Gasteiger partial charge in [0.2, 0.25) is 0 Å². The van der Waals surface area contributed by atoms with Gasteiger partial charge in [-0.25, -0.2) is 9.67 Å². The maximum Gasteiger partial charge on any atom is 0.155 e. The molecule has 2 heterocycles. The summed E-state index contributed by atoms with van der Waals surface area (Å²) in [5, 5.41) is 16.4. The monoisotopic (exact) mass is 254 g/mol. The van der Waals surface area contributed by atoms with Crippen molar-refractivity contribution in [1.82, 2.24) is 20.0 Å². The molecule has 0 radical (unpaired) electrons. The lowest BCUT2D eigenvalue weighted by Gasteiger charge is -1.97. The second kappa shape index (κ2) is 3.85. The highest BCUT2D eigenvalue weighted by Crippen LogP contribution is 2.09. The number of hydrogen-bond donors (Lipinski definition) is 1. The minimum atomic E-state index is -0.115. The van der Waals surface area contributed by atoms with Crippen LogP contribution in [0, 0.1) is 0 Å².